The zero-order chi connectivity index (χ0) is 20.4. The van der Waals surface area contributed by atoms with Crippen LogP contribution in [0.25, 0.3) is 16.9 Å². The van der Waals surface area contributed by atoms with Crippen LogP contribution in [0.15, 0.2) is 54.6 Å². The van der Waals surface area contributed by atoms with Crippen molar-refractivity contribution in [3.63, 3.8) is 0 Å². The highest BCUT2D eigenvalue weighted by molar-refractivity contribution is 6.30. The van der Waals surface area contributed by atoms with Gasteiger partial charge in [0.15, 0.2) is 0 Å². The summed E-state index contributed by atoms with van der Waals surface area (Å²) >= 11 is 12.2. The second-order valence-corrected chi connectivity index (χ2v) is 8.72. The van der Waals surface area contributed by atoms with E-state index in [0.717, 1.165) is 59.2 Å². The lowest BCUT2D eigenvalue weighted by Crippen LogP contribution is -2.34. The van der Waals surface area contributed by atoms with Crippen molar-refractivity contribution in [3.8, 4) is 16.9 Å². The molecule has 29 heavy (non-hydrogen) atoms. The Hall–Kier alpha value is -1.78. The summed E-state index contributed by atoms with van der Waals surface area (Å²) in [5, 5.41) is 14.9. The Balaban J connectivity index is 1.66. The molecular weight excluding hydrogens is 403 g/mol. The molecule has 2 N–H and O–H groups in total. The number of hydrogen-bond acceptors (Lipinski definition) is 2. The summed E-state index contributed by atoms with van der Waals surface area (Å²) in [5.41, 5.74) is 5.83. The minimum Gasteiger partial charge on any atom is -0.393 e. The highest BCUT2D eigenvalue weighted by Crippen LogP contribution is 2.31. The molecule has 4 rings (SSSR count). The summed E-state index contributed by atoms with van der Waals surface area (Å²) in [6.07, 6.45) is 3.71. The number of aromatic nitrogens is 1. The Morgan fingerprint density at radius 3 is 2.14 bits per heavy atom. The van der Waals surface area contributed by atoms with Gasteiger partial charge in [0.1, 0.15) is 0 Å². The third kappa shape index (κ3) is 4.70. The van der Waals surface area contributed by atoms with Gasteiger partial charge in [0.2, 0.25) is 0 Å². The summed E-state index contributed by atoms with van der Waals surface area (Å²) in [4.78, 5) is 0. The minimum absolute atomic E-state index is 0.128. The predicted molar refractivity (Wildman–Crippen MR) is 121 cm³/mol. The lowest BCUT2D eigenvalue weighted by molar-refractivity contribution is 0.116. The molecule has 0 unspecified atom stereocenters. The highest BCUT2D eigenvalue weighted by atomic mass is 35.5. The van der Waals surface area contributed by atoms with E-state index in [9.17, 15) is 5.11 Å². The van der Waals surface area contributed by atoms with E-state index in [4.69, 9.17) is 23.2 Å². The van der Waals surface area contributed by atoms with E-state index in [1.807, 2.05) is 24.3 Å². The van der Waals surface area contributed by atoms with Crippen LogP contribution >= 0.6 is 23.2 Å². The molecule has 1 aliphatic carbocycles. The van der Waals surface area contributed by atoms with Crippen LogP contribution in [0, 0.1) is 6.92 Å². The Morgan fingerprint density at radius 2 is 1.52 bits per heavy atom. The molecular formula is C24H26Cl2N2O. The molecule has 0 aliphatic heterocycles. The monoisotopic (exact) mass is 428 g/mol. The molecule has 1 aliphatic rings. The summed E-state index contributed by atoms with van der Waals surface area (Å²) < 4.78 is 2.28. The predicted octanol–water partition coefficient (Wildman–Crippen LogP) is 6.15. The Morgan fingerprint density at radius 1 is 0.931 bits per heavy atom. The lowest BCUT2D eigenvalue weighted by Gasteiger charge is -2.26. The number of hydrogen-bond donors (Lipinski definition) is 2. The van der Waals surface area contributed by atoms with Crippen molar-refractivity contribution >= 4 is 23.2 Å². The zero-order valence-corrected chi connectivity index (χ0v) is 18.0. The molecule has 152 valence electrons. The molecule has 1 saturated carbocycles. The molecule has 3 nitrogen and oxygen atoms in total. The first-order chi connectivity index (χ1) is 14.0. The van der Waals surface area contributed by atoms with Gasteiger partial charge in [-0.05, 0) is 86.2 Å². The van der Waals surface area contributed by atoms with Crippen molar-refractivity contribution in [1.82, 2.24) is 9.88 Å². The van der Waals surface area contributed by atoms with E-state index < -0.39 is 0 Å². The molecule has 0 bridgehead atoms. The SMILES string of the molecule is Cc1c(CNC2CCC(O)CC2)cc(-c2ccc(Cl)cc2)n1-c1ccc(Cl)cc1. The lowest BCUT2D eigenvalue weighted by atomic mass is 9.93. The molecule has 1 fully saturated rings. The third-order valence-electron chi connectivity index (χ3n) is 5.85. The molecule has 5 heteroatoms. The number of nitrogens with one attached hydrogen (secondary N) is 1. The van der Waals surface area contributed by atoms with Gasteiger partial charge in [0, 0.05) is 34.0 Å². The minimum atomic E-state index is -0.128. The van der Waals surface area contributed by atoms with Gasteiger partial charge in [-0.15, -0.1) is 0 Å². The van der Waals surface area contributed by atoms with E-state index >= 15 is 0 Å². The number of aliphatic hydroxyl groups excluding tert-OH is 1. The van der Waals surface area contributed by atoms with Gasteiger partial charge in [0.25, 0.3) is 0 Å². The maximum absolute atomic E-state index is 9.74. The smallest absolute Gasteiger partial charge is 0.0541 e. The largest absolute Gasteiger partial charge is 0.393 e. The number of rotatable bonds is 5. The molecule has 0 amide bonds. The Kier molecular flexibility index (Phi) is 6.31. The van der Waals surface area contributed by atoms with Gasteiger partial charge in [0.05, 0.1) is 11.8 Å². The first-order valence-corrected chi connectivity index (χ1v) is 10.9. The van der Waals surface area contributed by atoms with Crippen molar-refractivity contribution in [2.24, 2.45) is 0 Å². The number of benzene rings is 2. The second kappa shape index (κ2) is 8.93. The van der Waals surface area contributed by atoms with Gasteiger partial charge in [-0.2, -0.15) is 0 Å². The number of aliphatic hydroxyl groups is 1. The molecule has 0 spiro atoms. The first kappa shape index (κ1) is 20.5. The Bertz CT molecular complexity index is 956. The topological polar surface area (TPSA) is 37.2 Å². The van der Waals surface area contributed by atoms with E-state index in [0.29, 0.717) is 6.04 Å². The van der Waals surface area contributed by atoms with Gasteiger partial charge in [-0.1, -0.05) is 35.3 Å². The van der Waals surface area contributed by atoms with Crippen LogP contribution in [0.2, 0.25) is 10.0 Å². The molecule has 1 aromatic heterocycles. The standard InChI is InChI=1S/C24H26Cl2N2O/c1-16-18(15-27-21-8-12-23(29)13-9-21)14-24(17-2-4-19(25)5-3-17)28(16)22-10-6-20(26)7-11-22/h2-7,10-11,14,21,23,27,29H,8-9,12-13,15H2,1H3. The van der Waals surface area contributed by atoms with Crippen LogP contribution in [0.4, 0.5) is 0 Å². The molecule has 1 heterocycles. The van der Waals surface area contributed by atoms with Gasteiger partial charge < -0.3 is 15.0 Å². The van der Waals surface area contributed by atoms with E-state index in [2.05, 4.69) is 47.1 Å². The molecule has 0 radical (unpaired) electrons. The fourth-order valence-corrected chi connectivity index (χ4v) is 4.38. The Labute approximate surface area is 182 Å². The fraction of sp³-hybridized carbons (Fsp3) is 0.333. The molecule has 0 saturated heterocycles. The van der Waals surface area contributed by atoms with Crippen molar-refractivity contribution in [3.05, 3.63) is 75.9 Å². The fourth-order valence-electron chi connectivity index (χ4n) is 4.13. The van der Waals surface area contributed by atoms with Crippen molar-refractivity contribution in [2.45, 2.75) is 51.3 Å². The van der Waals surface area contributed by atoms with Crippen molar-refractivity contribution in [1.29, 1.82) is 0 Å². The quantitative estimate of drug-likeness (QED) is 0.510. The average Bonchev–Trinajstić information content (AvgIpc) is 3.05. The normalized spacial score (nSPS) is 19.4. The second-order valence-electron chi connectivity index (χ2n) is 7.85. The first-order valence-electron chi connectivity index (χ1n) is 10.2. The highest BCUT2D eigenvalue weighted by Gasteiger charge is 2.20. The average molecular weight is 429 g/mol. The number of nitrogens with zero attached hydrogens (tertiary/aromatic N) is 1. The zero-order valence-electron chi connectivity index (χ0n) is 16.5. The summed E-state index contributed by atoms with van der Waals surface area (Å²) in [6.45, 7) is 2.98. The van der Waals surface area contributed by atoms with E-state index in [1.165, 1.54) is 11.3 Å². The van der Waals surface area contributed by atoms with Crippen LogP contribution in [0.1, 0.15) is 36.9 Å². The van der Waals surface area contributed by atoms with Crippen molar-refractivity contribution in [2.75, 3.05) is 0 Å². The maximum Gasteiger partial charge on any atom is 0.0541 e. The van der Waals surface area contributed by atoms with Crippen LogP contribution in [-0.4, -0.2) is 21.8 Å². The maximum atomic E-state index is 9.74. The van der Waals surface area contributed by atoms with Crippen LogP contribution in [0.5, 0.6) is 0 Å². The van der Waals surface area contributed by atoms with Gasteiger partial charge >= 0.3 is 0 Å². The number of halogens is 2. The van der Waals surface area contributed by atoms with Gasteiger partial charge in [-0.25, -0.2) is 0 Å². The van der Waals surface area contributed by atoms with Crippen LogP contribution in [0.3, 0.4) is 0 Å². The molecule has 3 aromatic rings. The summed E-state index contributed by atoms with van der Waals surface area (Å²) in [6, 6.07) is 18.6. The summed E-state index contributed by atoms with van der Waals surface area (Å²) in [5.74, 6) is 0. The molecule has 0 atom stereocenters. The third-order valence-corrected chi connectivity index (χ3v) is 6.36. The van der Waals surface area contributed by atoms with Crippen LogP contribution in [-0.2, 0) is 6.54 Å². The van der Waals surface area contributed by atoms with Crippen LogP contribution < -0.4 is 5.32 Å². The van der Waals surface area contributed by atoms with Crippen molar-refractivity contribution < 1.29 is 5.11 Å². The summed E-state index contributed by atoms with van der Waals surface area (Å²) in [7, 11) is 0. The van der Waals surface area contributed by atoms with E-state index in [1.54, 1.807) is 0 Å². The molecule has 2 aromatic carbocycles. The van der Waals surface area contributed by atoms with E-state index in [-0.39, 0.29) is 6.10 Å². The van der Waals surface area contributed by atoms with Gasteiger partial charge in [-0.3, -0.25) is 0 Å².